The number of ether oxygens (including phenoxy) is 1. The van der Waals surface area contributed by atoms with Gasteiger partial charge in [0.05, 0.1) is 0 Å². The number of fused-ring (bicyclic) bond motifs is 2. The molecular weight excluding hydrogens is 267 g/mol. The van der Waals surface area contributed by atoms with Gasteiger partial charge in [-0.15, -0.1) is 0 Å². The van der Waals surface area contributed by atoms with E-state index in [-0.39, 0.29) is 17.1 Å². The first-order valence-corrected chi connectivity index (χ1v) is 5.81. The first-order valence-electron chi connectivity index (χ1n) is 3.83. The van der Waals surface area contributed by atoms with Crippen LogP contribution in [0.1, 0.15) is 5.56 Å². The van der Waals surface area contributed by atoms with Crippen LogP contribution in [0.4, 0.5) is 0 Å². The molecule has 0 aliphatic carbocycles. The van der Waals surface area contributed by atoms with Gasteiger partial charge in [0.15, 0.2) is 0 Å². The second kappa shape index (κ2) is 3.08. The van der Waals surface area contributed by atoms with E-state index in [1.165, 1.54) is 12.0 Å². The van der Waals surface area contributed by atoms with Crippen LogP contribution < -0.4 is 4.74 Å². The Kier molecular flexibility index (Phi) is 2.22. The molecule has 1 radical (unpaired) electrons. The van der Waals surface area contributed by atoms with Crippen LogP contribution in [-0.4, -0.2) is 20.0 Å². The number of hydrogen-bond acceptors (Lipinski definition) is 1. The van der Waals surface area contributed by atoms with Gasteiger partial charge in [0.1, 0.15) is 0 Å². The van der Waals surface area contributed by atoms with Crippen molar-refractivity contribution in [1.29, 1.82) is 0 Å². The Labute approximate surface area is 88.5 Å². The van der Waals surface area contributed by atoms with Crippen molar-refractivity contribution in [3.8, 4) is 5.75 Å². The van der Waals surface area contributed by atoms with Crippen molar-refractivity contribution < 1.29 is 21.8 Å². The average molecular weight is 275 g/mol. The van der Waals surface area contributed by atoms with E-state index in [0.717, 1.165) is 25.5 Å². The molecule has 2 unspecified atom stereocenters. The minimum atomic E-state index is 0. The molecule has 2 aliphatic rings. The molecule has 0 N–H and O–H groups in total. The zero-order valence-electron chi connectivity index (χ0n) is 6.29. The topological polar surface area (TPSA) is 9.23 Å². The number of benzene rings is 1. The molecular formula is C9H8CuOSe. The van der Waals surface area contributed by atoms with Gasteiger partial charge in [-0.25, -0.2) is 0 Å². The molecule has 12 heavy (non-hydrogen) atoms. The van der Waals surface area contributed by atoms with E-state index in [0.29, 0.717) is 5.00 Å². The number of rotatable bonds is 0. The first kappa shape index (κ1) is 8.65. The molecule has 0 saturated carbocycles. The van der Waals surface area contributed by atoms with Crippen molar-refractivity contribution in [2.75, 3.05) is 0 Å². The third-order valence-corrected chi connectivity index (χ3v) is 4.57. The summed E-state index contributed by atoms with van der Waals surface area (Å²) < 4.78 is 5.73. The predicted molar refractivity (Wildman–Crippen MR) is 44.1 cm³/mol. The van der Waals surface area contributed by atoms with E-state index in [9.17, 15) is 0 Å². The summed E-state index contributed by atoms with van der Waals surface area (Å²) in [5.41, 5.74) is 1.41. The van der Waals surface area contributed by atoms with E-state index < -0.39 is 0 Å². The molecule has 1 nitrogen and oxygen atoms in total. The van der Waals surface area contributed by atoms with E-state index in [1.54, 1.807) is 0 Å². The fraction of sp³-hybridized carbons (Fsp3) is 0.333. The summed E-state index contributed by atoms with van der Waals surface area (Å²) in [7, 11) is 0. The van der Waals surface area contributed by atoms with E-state index in [4.69, 9.17) is 4.74 Å². The van der Waals surface area contributed by atoms with Gasteiger partial charge in [0.25, 0.3) is 0 Å². The summed E-state index contributed by atoms with van der Waals surface area (Å²) in [6.07, 6.45) is 1.26. The monoisotopic (exact) mass is 275 g/mol. The summed E-state index contributed by atoms with van der Waals surface area (Å²) >= 11 is 0.777. The van der Waals surface area contributed by atoms with Crippen LogP contribution in [0.5, 0.6) is 5.75 Å². The quantitative estimate of drug-likeness (QED) is 0.651. The maximum absolute atomic E-state index is 5.73. The van der Waals surface area contributed by atoms with Gasteiger partial charge >= 0.3 is 71.5 Å². The average Bonchev–Trinajstić information content (AvgIpc) is 2.77. The zero-order valence-corrected chi connectivity index (χ0v) is 8.94. The predicted octanol–water partition coefficient (Wildman–Crippen LogP) is 1.45. The second-order valence-corrected chi connectivity index (χ2v) is 5.79. The summed E-state index contributed by atoms with van der Waals surface area (Å²) in [5, 5.41) is 0.623. The van der Waals surface area contributed by atoms with Gasteiger partial charge < -0.3 is 0 Å². The molecule has 0 aromatic heterocycles. The van der Waals surface area contributed by atoms with Crippen LogP contribution >= 0.6 is 0 Å². The molecule has 2 aliphatic heterocycles. The van der Waals surface area contributed by atoms with Crippen molar-refractivity contribution >= 4 is 15.0 Å². The van der Waals surface area contributed by atoms with Crippen molar-refractivity contribution in [3.63, 3.8) is 0 Å². The summed E-state index contributed by atoms with van der Waals surface area (Å²) in [6, 6.07) is 8.41. The molecule has 0 amide bonds. The van der Waals surface area contributed by atoms with Gasteiger partial charge in [0.2, 0.25) is 0 Å². The Morgan fingerprint density at radius 2 is 2.17 bits per heavy atom. The first-order chi connectivity index (χ1) is 5.43. The van der Waals surface area contributed by atoms with E-state index >= 15 is 0 Å². The molecule has 0 bridgehead atoms. The summed E-state index contributed by atoms with van der Waals surface area (Å²) in [6.45, 7) is 0. The molecule has 1 saturated heterocycles. The number of para-hydroxylation sites is 1. The van der Waals surface area contributed by atoms with Crippen LogP contribution in [0, 0.1) is 0 Å². The van der Waals surface area contributed by atoms with Gasteiger partial charge in [0, 0.05) is 17.1 Å². The Morgan fingerprint density at radius 1 is 1.33 bits per heavy atom. The molecule has 67 valence electrons. The summed E-state index contributed by atoms with van der Waals surface area (Å²) in [4.78, 5) is 0.900. The number of hydrogen-bond donors (Lipinski definition) is 0. The van der Waals surface area contributed by atoms with Gasteiger partial charge in [-0.05, 0) is 0 Å². The molecule has 0 spiro atoms. The molecule has 3 rings (SSSR count). The Hall–Kier alpha value is 0.0590. The molecule has 2 heterocycles. The van der Waals surface area contributed by atoms with Crippen molar-refractivity contribution in [2.45, 2.75) is 16.2 Å². The van der Waals surface area contributed by atoms with Gasteiger partial charge in [-0.1, -0.05) is 0 Å². The maximum atomic E-state index is 5.73. The standard InChI is InChI=1S/C9H8OSe.Cu/c1-2-4-7-6(3-1)5-8-9(10-7)11-8;/h1-4,8-9H,5H2;. The fourth-order valence-corrected chi connectivity index (χ4v) is 3.27. The molecule has 1 fully saturated rings. The zero-order chi connectivity index (χ0) is 7.26. The van der Waals surface area contributed by atoms with Crippen molar-refractivity contribution in [1.82, 2.24) is 0 Å². The molecule has 3 heteroatoms. The minimum absolute atomic E-state index is 0. The van der Waals surface area contributed by atoms with Crippen molar-refractivity contribution in [2.24, 2.45) is 0 Å². The van der Waals surface area contributed by atoms with Gasteiger partial charge in [-0.3, -0.25) is 0 Å². The third kappa shape index (κ3) is 1.31. The second-order valence-electron chi connectivity index (χ2n) is 2.97. The van der Waals surface area contributed by atoms with Crippen LogP contribution in [0.3, 0.4) is 0 Å². The van der Waals surface area contributed by atoms with Crippen LogP contribution in [0.15, 0.2) is 24.3 Å². The molecule has 1 aromatic rings. The molecule has 1 aromatic carbocycles. The van der Waals surface area contributed by atoms with Gasteiger partial charge in [-0.2, -0.15) is 0 Å². The van der Waals surface area contributed by atoms with Crippen molar-refractivity contribution in [3.05, 3.63) is 29.8 Å². The Balaban J connectivity index is 0.000000563. The van der Waals surface area contributed by atoms with E-state index in [1.807, 2.05) is 0 Å². The Morgan fingerprint density at radius 3 is 3.08 bits per heavy atom. The third-order valence-electron chi connectivity index (χ3n) is 2.17. The van der Waals surface area contributed by atoms with Crippen LogP contribution in [-0.2, 0) is 23.5 Å². The van der Waals surface area contributed by atoms with E-state index in [2.05, 4.69) is 24.3 Å². The normalized spacial score (nSPS) is 29.0. The van der Waals surface area contributed by atoms with Crippen LogP contribution in [0.25, 0.3) is 0 Å². The summed E-state index contributed by atoms with van der Waals surface area (Å²) in [5.74, 6) is 1.13. The Bertz CT molecular complexity index is 273. The van der Waals surface area contributed by atoms with Crippen LogP contribution in [0.2, 0.25) is 4.82 Å². The molecule has 2 atom stereocenters. The fourth-order valence-electron chi connectivity index (χ4n) is 1.50. The SMILES string of the molecule is [Cu].c1ccc2c(c1)CC1[Se]C1O2.